The molecule has 0 aliphatic rings. The minimum Gasteiger partial charge on any atom is -0.309 e. The predicted molar refractivity (Wildman–Crippen MR) is 76.0 cm³/mol. The van der Waals surface area contributed by atoms with Gasteiger partial charge in [0, 0.05) is 22.7 Å². The Morgan fingerprint density at radius 3 is 2.67 bits per heavy atom. The number of nitrogens with one attached hydrogen (secondary N) is 2. The lowest BCUT2D eigenvalue weighted by atomic mass is 9.92. The van der Waals surface area contributed by atoms with Crippen LogP contribution in [-0.2, 0) is 16.6 Å². The summed E-state index contributed by atoms with van der Waals surface area (Å²) in [5, 5.41) is 9.38. The molecule has 0 saturated heterocycles. The lowest BCUT2D eigenvalue weighted by Gasteiger charge is -2.14. The molecule has 0 fully saturated rings. The van der Waals surface area contributed by atoms with Crippen LogP contribution >= 0.6 is 0 Å². The molecule has 112 valence electrons. The van der Waals surface area contributed by atoms with Gasteiger partial charge in [0.1, 0.15) is 0 Å². The third-order valence-electron chi connectivity index (χ3n) is 3.04. The summed E-state index contributed by atoms with van der Waals surface area (Å²) in [7, 11) is 0. The highest BCUT2D eigenvalue weighted by atomic mass is 19.2. The summed E-state index contributed by atoms with van der Waals surface area (Å²) in [5.74, 6) is -2.05. The van der Waals surface area contributed by atoms with Crippen LogP contribution < -0.4 is 5.32 Å². The minimum absolute atomic E-state index is 0.0130. The maximum absolute atomic E-state index is 13.5. The largest absolute Gasteiger partial charge is 0.309 e. The molecule has 0 atom stereocenters. The molecule has 2 N–H and O–H groups in total. The topological polar surface area (TPSA) is 57.8 Å². The van der Waals surface area contributed by atoms with E-state index in [0.29, 0.717) is 5.82 Å². The lowest BCUT2D eigenvalue weighted by molar-refractivity contribution is -0.115. The Balaban J connectivity index is 2.05. The lowest BCUT2D eigenvalue weighted by Crippen LogP contribution is -2.16. The van der Waals surface area contributed by atoms with Crippen molar-refractivity contribution in [3.05, 3.63) is 47.2 Å². The molecule has 0 bridgehead atoms. The SMILES string of the molecule is CC(C)(C)c1cc(NC(=O)Cc2cccc(F)c2F)n[nH]1. The van der Waals surface area contributed by atoms with Gasteiger partial charge in [-0.05, 0) is 6.07 Å². The van der Waals surface area contributed by atoms with E-state index in [0.717, 1.165) is 11.8 Å². The molecule has 0 spiro atoms. The fourth-order valence-corrected chi connectivity index (χ4v) is 1.81. The number of carbonyl (C=O) groups excluding carboxylic acids is 1. The molecule has 1 aromatic heterocycles. The molecule has 0 radical (unpaired) electrons. The number of rotatable bonds is 3. The molecule has 6 heteroatoms. The molecule has 0 unspecified atom stereocenters. The van der Waals surface area contributed by atoms with Gasteiger partial charge in [0.15, 0.2) is 17.5 Å². The second-order valence-corrected chi connectivity index (χ2v) is 5.85. The summed E-state index contributed by atoms with van der Waals surface area (Å²) in [6.45, 7) is 6.02. The standard InChI is InChI=1S/C15H17F2N3O/c1-15(2,3)11-8-12(20-19-11)18-13(21)7-9-5-4-6-10(16)14(9)17/h4-6,8H,7H2,1-3H3,(H2,18,19,20,21). The summed E-state index contributed by atoms with van der Waals surface area (Å²) < 4.78 is 26.6. The summed E-state index contributed by atoms with van der Waals surface area (Å²) in [4.78, 5) is 11.9. The molecule has 4 nitrogen and oxygen atoms in total. The Hall–Kier alpha value is -2.24. The van der Waals surface area contributed by atoms with Gasteiger partial charge in [-0.15, -0.1) is 0 Å². The number of benzene rings is 1. The molecule has 0 saturated carbocycles. The van der Waals surface area contributed by atoms with Gasteiger partial charge in [-0.2, -0.15) is 5.10 Å². The summed E-state index contributed by atoms with van der Waals surface area (Å²) in [6.07, 6.45) is -0.249. The van der Waals surface area contributed by atoms with Gasteiger partial charge >= 0.3 is 0 Å². The molecule has 0 aliphatic carbocycles. The Bertz CT molecular complexity index is 659. The molecule has 2 aromatic rings. The summed E-state index contributed by atoms with van der Waals surface area (Å²) in [6, 6.07) is 5.48. The van der Waals surface area contributed by atoms with E-state index in [4.69, 9.17) is 0 Å². The maximum Gasteiger partial charge on any atom is 0.230 e. The van der Waals surface area contributed by atoms with Crippen molar-refractivity contribution in [3.63, 3.8) is 0 Å². The van der Waals surface area contributed by atoms with E-state index in [1.54, 1.807) is 6.07 Å². The minimum atomic E-state index is -0.995. The van der Waals surface area contributed by atoms with Crippen LogP contribution in [0.15, 0.2) is 24.3 Å². The number of carbonyl (C=O) groups is 1. The highest BCUT2D eigenvalue weighted by Gasteiger charge is 2.18. The van der Waals surface area contributed by atoms with E-state index < -0.39 is 17.5 Å². The van der Waals surface area contributed by atoms with Gasteiger partial charge in [0.2, 0.25) is 5.91 Å². The Kier molecular flexibility index (Phi) is 4.06. The summed E-state index contributed by atoms with van der Waals surface area (Å²) >= 11 is 0. The first-order valence-corrected chi connectivity index (χ1v) is 6.56. The molecule has 1 amide bonds. The smallest absolute Gasteiger partial charge is 0.230 e. The van der Waals surface area contributed by atoms with E-state index in [1.807, 2.05) is 20.8 Å². The maximum atomic E-state index is 13.5. The third-order valence-corrected chi connectivity index (χ3v) is 3.04. The van der Waals surface area contributed by atoms with Crippen molar-refractivity contribution < 1.29 is 13.6 Å². The average Bonchev–Trinajstić information content (AvgIpc) is 2.83. The zero-order chi connectivity index (χ0) is 15.6. The number of aromatic nitrogens is 2. The van der Waals surface area contributed by atoms with E-state index in [2.05, 4.69) is 15.5 Å². The quantitative estimate of drug-likeness (QED) is 0.913. The van der Waals surface area contributed by atoms with Crippen LogP contribution in [0.25, 0.3) is 0 Å². The first kappa shape index (κ1) is 15.2. The number of halogens is 2. The second-order valence-electron chi connectivity index (χ2n) is 5.85. The van der Waals surface area contributed by atoms with Crippen LogP contribution in [0.2, 0.25) is 0 Å². The number of aromatic amines is 1. The van der Waals surface area contributed by atoms with Crippen LogP contribution in [0.3, 0.4) is 0 Å². The number of anilines is 1. The fourth-order valence-electron chi connectivity index (χ4n) is 1.81. The molecule has 0 aliphatic heterocycles. The van der Waals surface area contributed by atoms with Gasteiger partial charge < -0.3 is 5.32 Å². The van der Waals surface area contributed by atoms with Gasteiger partial charge in [0.05, 0.1) is 6.42 Å². The highest BCUT2D eigenvalue weighted by Crippen LogP contribution is 2.22. The van der Waals surface area contributed by atoms with Crippen molar-refractivity contribution in [2.24, 2.45) is 0 Å². The van der Waals surface area contributed by atoms with Gasteiger partial charge in [0.25, 0.3) is 0 Å². The molecule has 2 rings (SSSR count). The van der Waals surface area contributed by atoms with E-state index >= 15 is 0 Å². The van der Waals surface area contributed by atoms with Crippen molar-refractivity contribution in [1.82, 2.24) is 10.2 Å². The molecule has 21 heavy (non-hydrogen) atoms. The Morgan fingerprint density at radius 2 is 2.05 bits per heavy atom. The number of amides is 1. The van der Waals surface area contributed by atoms with E-state index in [-0.39, 0.29) is 17.4 Å². The van der Waals surface area contributed by atoms with Crippen molar-refractivity contribution in [3.8, 4) is 0 Å². The number of nitrogens with zero attached hydrogens (tertiary/aromatic N) is 1. The third kappa shape index (κ3) is 3.65. The van der Waals surface area contributed by atoms with Crippen molar-refractivity contribution in [2.45, 2.75) is 32.6 Å². The number of H-pyrrole nitrogens is 1. The van der Waals surface area contributed by atoms with Crippen molar-refractivity contribution in [1.29, 1.82) is 0 Å². The van der Waals surface area contributed by atoms with E-state index in [9.17, 15) is 13.6 Å². The first-order chi connectivity index (χ1) is 9.77. The van der Waals surface area contributed by atoms with Crippen LogP contribution in [0.1, 0.15) is 32.0 Å². The fraction of sp³-hybridized carbons (Fsp3) is 0.333. The Morgan fingerprint density at radius 1 is 1.33 bits per heavy atom. The normalized spacial score (nSPS) is 11.5. The number of hydrogen-bond donors (Lipinski definition) is 2. The summed E-state index contributed by atoms with van der Waals surface area (Å²) in [5.41, 5.74) is 0.763. The second kappa shape index (κ2) is 5.63. The molecule has 1 heterocycles. The molecule has 1 aromatic carbocycles. The average molecular weight is 293 g/mol. The van der Waals surface area contributed by atoms with Gasteiger partial charge in [-0.25, -0.2) is 8.78 Å². The zero-order valence-electron chi connectivity index (χ0n) is 12.1. The molecular weight excluding hydrogens is 276 g/mol. The van der Waals surface area contributed by atoms with Crippen LogP contribution in [-0.4, -0.2) is 16.1 Å². The van der Waals surface area contributed by atoms with Crippen LogP contribution in [0, 0.1) is 11.6 Å². The van der Waals surface area contributed by atoms with Crippen LogP contribution in [0.4, 0.5) is 14.6 Å². The molecular formula is C15H17F2N3O. The van der Waals surface area contributed by atoms with E-state index in [1.165, 1.54) is 12.1 Å². The monoisotopic (exact) mass is 293 g/mol. The first-order valence-electron chi connectivity index (χ1n) is 6.56. The number of hydrogen-bond acceptors (Lipinski definition) is 2. The van der Waals surface area contributed by atoms with Crippen LogP contribution in [0.5, 0.6) is 0 Å². The van der Waals surface area contributed by atoms with Crippen molar-refractivity contribution >= 4 is 11.7 Å². The Labute approximate surface area is 121 Å². The highest BCUT2D eigenvalue weighted by molar-refractivity contribution is 5.91. The predicted octanol–water partition coefficient (Wildman–Crippen LogP) is 3.17. The van der Waals surface area contributed by atoms with Crippen molar-refractivity contribution in [2.75, 3.05) is 5.32 Å². The van der Waals surface area contributed by atoms with Gasteiger partial charge in [-0.3, -0.25) is 9.89 Å². The zero-order valence-corrected chi connectivity index (χ0v) is 12.1. The van der Waals surface area contributed by atoms with Gasteiger partial charge in [-0.1, -0.05) is 32.9 Å².